The Hall–Kier alpha value is -2.52. The summed E-state index contributed by atoms with van der Waals surface area (Å²) >= 11 is 1.05. The number of benzene rings is 2. The van der Waals surface area contributed by atoms with Gasteiger partial charge in [-0.1, -0.05) is 12.1 Å². The predicted molar refractivity (Wildman–Crippen MR) is 80.5 cm³/mol. The van der Waals surface area contributed by atoms with Crippen LogP contribution in [-0.2, 0) is 4.79 Å². The van der Waals surface area contributed by atoms with Crippen LogP contribution in [0.15, 0.2) is 47.4 Å². The van der Waals surface area contributed by atoms with E-state index in [9.17, 15) is 9.18 Å². The van der Waals surface area contributed by atoms with Crippen molar-refractivity contribution in [3.8, 4) is 17.6 Å². The van der Waals surface area contributed by atoms with E-state index in [1.54, 1.807) is 18.2 Å². The topological polar surface area (TPSA) is 59.3 Å². The van der Waals surface area contributed by atoms with Crippen LogP contribution >= 0.6 is 11.8 Å². The normalized spacial score (nSPS) is 9.86. The molecular weight excluding hydrogens is 305 g/mol. The summed E-state index contributed by atoms with van der Waals surface area (Å²) < 4.78 is 23.7. The van der Waals surface area contributed by atoms with E-state index in [1.165, 1.54) is 31.4 Å². The van der Waals surface area contributed by atoms with E-state index in [2.05, 4.69) is 0 Å². The van der Waals surface area contributed by atoms with E-state index in [1.807, 2.05) is 6.07 Å². The maximum Gasteiger partial charge on any atom is 0.321 e. The maximum absolute atomic E-state index is 13.4. The van der Waals surface area contributed by atoms with Crippen LogP contribution in [0.25, 0.3) is 0 Å². The standard InChI is InChI=1S/C16H12FNO3S/c1-20-14-8-11(9-18)6-7-13(14)21-16(19)10-22-15-5-3-2-4-12(15)17/h2-8H,10H2,1H3. The summed E-state index contributed by atoms with van der Waals surface area (Å²) in [7, 11) is 1.42. The van der Waals surface area contributed by atoms with E-state index in [4.69, 9.17) is 14.7 Å². The van der Waals surface area contributed by atoms with Gasteiger partial charge in [0.1, 0.15) is 5.82 Å². The minimum atomic E-state index is -0.531. The second kappa shape index (κ2) is 7.48. The number of esters is 1. The molecule has 0 fully saturated rings. The van der Waals surface area contributed by atoms with Gasteiger partial charge in [0.25, 0.3) is 0 Å². The van der Waals surface area contributed by atoms with Crippen molar-refractivity contribution in [1.29, 1.82) is 5.26 Å². The van der Waals surface area contributed by atoms with E-state index in [-0.39, 0.29) is 17.3 Å². The summed E-state index contributed by atoms with van der Waals surface area (Å²) in [6.45, 7) is 0. The van der Waals surface area contributed by atoms with Gasteiger partial charge in [-0.3, -0.25) is 4.79 Å². The summed E-state index contributed by atoms with van der Waals surface area (Å²) in [6, 6.07) is 12.7. The molecule has 0 aliphatic carbocycles. The second-order valence-corrected chi connectivity index (χ2v) is 5.19. The van der Waals surface area contributed by atoms with Gasteiger partial charge in [-0.05, 0) is 24.3 Å². The van der Waals surface area contributed by atoms with Crippen molar-refractivity contribution in [2.24, 2.45) is 0 Å². The van der Waals surface area contributed by atoms with Gasteiger partial charge in [0, 0.05) is 11.0 Å². The highest BCUT2D eigenvalue weighted by molar-refractivity contribution is 8.00. The highest BCUT2D eigenvalue weighted by atomic mass is 32.2. The van der Waals surface area contributed by atoms with Gasteiger partial charge < -0.3 is 9.47 Å². The lowest BCUT2D eigenvalue weighted by atomic mass is 10.2. The summed E-state index contributed by atoms with van der Waals surface area (Å²) in [5.41, 5.74) is 0.400. The molecule has 0 atom stereocenters. The summed E-state index contributed by atoms with van der Waals surface area (Å²) in [4.78, 5) is 12.2. The van der Waals surface area contributed by atoms with Crippen LogP contribution in [0.3, 0.4) is 0 Å². The highest BCUT2D eigenvalue weighted by Gasteiger charge is 2.12. The van der Waals surface area contributed by atoms with E-state index < -0.39 is 5.97 Å². The number of methoxy groups -OCH3 is 1. The predicted octanol–water partition coefficient (Wildman–Crippen LogP) is 3.40. The number of carbonyl (C=O) groups excluding carboxylic acids is 1. The largest absolute Gasteiger partial charge is 0.493 e. The first-order valence-electron chi connectivity index (χ1n) is 6.30. The molecule has 2 aromatic rings. The molecule has 0 aliphatic heterocycles. The Morgan fingerprint density at radius 1 is 1.27 bits per heavy atom. The number of thioether (sulfide) groups is 1. The first-order valence-corrected chi connectivity index (χ1v) is 7.28. The van der Waals surface area contributed by atoms with E-state index >= 15 is 0 Å². The molecule has 0 radical (unpaired) electrons. The number of carbonyl (C=O) groups is 1. The summed E-state index contributed by atoms with van der Waals surface area (Å²) in [6.07, 6.45) is 0. The molecule has 0 unspecified atom stereocenters. The Balaban J connectivity index is 2.01. The third kappa shape index (κ3) is 3.99. The third-order valence-electron chi connectivity index (χ3n) is 2.70. The molecule has 0 aliphatic rings. The maximum atomic E-state index is 13.4. The van der Waals surface area contributed by atoms with E-state index in [0.717, 1.165) is 11.8 Å². The van der Waals surface area contributed by atoms with Crippen LogP contribution in [0, 0.1) is 17.1 Å². The Labute approximate surface area is 131 Å². The van der Waals surface area contributed by atoms with Crippen LogP contribution in [-0.4, -0.2) is 18.8 Å². The molecule has 6 heteroatoms. The lowest BCUT2D eigenvalue weighted by Crippen LogP contribution is -2.11. The highest BCUT2D eigenvalue weighted by Crippen LogP contribution is 2.29. The van der Waals surface area contributed by atoms with Crippen LogP contribution in [0.1, 0.15) is 5.56 Å². The lowest BCUT2D eigenvalue weighted by molar-refractivity contribution is -0.131. The van der Waals surface area contributed by atoms with Gasteiger partial charge >= 0.3 is 5.97 Å². The molecule has 2 rings (SSSR count). The van der Waals surface area contributed by atoms with Gasteiger partial charge in [0.15, 0.2) is 11.5 Å². The third-order valence-corrected chi connectivity index (χ3v) is 3.72. The van der Waals surface area contributed by atoms with Gasteiger partial charge in [-0.2, -0.15) is 5.26 Å². The fourth-order valence-electron chi connectivity index (χ4n) is 1.67. The zero-order valence-corrected chi connectivity index (χ0v) is 12.5. The average Bonchev–Trinajstić information content (AvgIpc) is 2.54. The molecule has 0 N–H and O–H groups in total. The number of rotatable bonds is 5. The molecule has 4 nitrogen and oxygen atoms in total. The summed E-state index contributed by atoms with van der Waals surface area (Å²) in [5.74, 6) is -0.430. The van der Waals surface area contributed by atoms with Crippen molar-refractivity contribution in [3.63, 3.8) is 0 Å². The van der Waals surface area contributed by atoms with Crippen LogP contribution in [0.4, 0.5) is 4.39 Å². The molecular formula is C16H12FNO3S. The van der Waals surface area contributed by atoms with Crippen molar-refractivity contribution in [2.75, 3.05) is 12.9 Å². The number of nitrogens with zero attached hydrogens (tertiary/aromatic N) is 1. The van der Waals surface area contributed by atoms with Gasteiger partial charge in [-0.15, -0.1) is 11.8 Å². The van der Waals surface area contributed by atoms with Crippen LogP contribution in [0.5, 0.6) is 11.5 Å². The summed E-state index contributed by atoms with van der Waals surface area (Å²) in [5, 5.41) is 8.81. The minimum absolute atomic E-state index is 0.0376. The Kier molecular flexibility index (Phi) is 5.39. The quantitative estimate of drug-likeness (QED) is 0.480. The Morgan fingerprint density at radius 3 is 2.73 bits per heavy atom. The molecule has 0 heterocycles. The smallest absolute Gasteiger partial charge is 0.321 e. The van der Waals surface area contributed by atoms with Crippen LogP contribution in [0.2, 0.25) is 0 Å². The van der Waals surface area contributed by atoms with Crippen molar-refractivity contribution < 1.29 is 18.7 Å². The molecule has 0 spiro atoms. The molecule has 0 bridgehead atoms. The average molecular weight is 317 g/mol. The van der Waals surface area contributed by atoms with Crippen molar-refractivity contribution in [3.05, 3.63) is 53.8 Å². The van der Waals surface area contributed by atoms with E-state index in [0.29, 0.717) is 16.2 Å². The second-order valence-electron chi connectivity index (χ2n) is 4.17. The van der Waals surface area contributed by atoms with Crippen molar-refractivity contribution in [1.82, 2.24) is 0 Å². The lowest BCUT2D eigenvalue weighted by Gasteiger charge is -2.09. The Morgan fingerprint density at radius 2 is 2.05 bits per heavy atom. The Bertz CT molecular complexity index is 728. The monoisotopic (exact) mass is 317 g/mol. The zero-order valence-electron chi connectivity index (χ0n) is 11.7. The number of nitriles is 1. The van der Waals surface area contributed by atoms with Crippen LogP contribution < -0.4 is 9.47 Å². The first-order chi connectivity index (χ1) is 10.6. The minimum Gasteiger partial charge on any atom is -0.493 e. The number of halogens is 1. The molecule has 0 aromatic heterocycles. The van der Waals surface area contributed by atoms with Crippen molar-refractivity contribution in [2.45, 2.75) is 4.90 Å². The van der Waals surface area contributed by atoms with Crippen molar-refractivity contribution >= 4 is 17.7 Å². The molecule has 0 saturated carbocycles. The first kappa shape index (κ1) is 15.9. The number of hydrogen-bond acceptors (Lipinski definition) is 5. The fraction of sp³-hybridized carbons (Fsp3) is 0.125. The van der Waals surface area contributed by atoms with Gasteiger partial charge in [0.05, 0.1) is 24.5 Å². The number of ether oxygens (including phenoxy) is 2. The van der Waals surface area contributed by atoms with Gasteiger partial charge in [-0.25, -0.2) is 4.39 Å². The molecule has 22 heavy (non-hydrogen) atoms. The molecule has 0 saturated heterocycles. The zero-order chi connectivity index (χ0) is 15.9. The molecule has 2 aromatic carbocycles. The van der Waals surface area contributed by atoms with Gasteiger partial charge in [0.2, 0.25) is 0 Å². The SMILES string of the molecule is COc1cc(C#N)ccc1OC(=O)CSc1ccccc1F. The molecule has 112 valence electrons. The molecule has 0 amide bonds. The fourth-order valence-corrected chi connectivity index (χ4v) is 2.39. The number of hydrogen-bond donors (Lipinski definition) is 0.